The van der Waals surface area contributed by atoms with E-state index in [9.17, 15) is 4.79 Å². The smallest absolute Gasteiger partial charge is 0.341 e. The minimum Gasteiger partial charge on any atom is -0.497 e. The van der Waals surface area contributed by atoms with Crippen molar-refractivity contribution < 1.29 is 28.9 Å². The third-order valence-corrected chi connectivity index (χ3v) is 6.63. The average Bonchev–Trinajstić information content (AvgIpc) is 2.92. The predicted octanol–water partition coefficient (Wildman–Crippen LogP) is 5.84. The maximum absolute atomic E-state index is 10.9. The first-order valence-corrected chi connectivity index (χ1v) is 12.4. The van der Waals surface area contributed by atoms with Crippen molar-refractivity contribution >= 4 is 11.7 Å². The summed E-state index contributed by atoms with van der Waals surface area (Å²) < 4.78 is 16.1. The van der Waals surface area contributed by atoms with Crippen LogP contribution in [0.2, 0.25) is 0 Å². The van der Waals surface area contributed by atoms with Gasteiger partial charge in [0.2, 0.25) is 0 Å². The summed E-state index contributed by atoms with van der Waals surface area (Å²) in [5, 5.41) is 13.5. The summed E-state index contributed by atoms with van der Waals surface area (Å²) >= 11 is 0. The van der Waals surface area contributed by atoms with E-state index in [-0.39, 0.29) is 12.7 Å². The predicted molar refractivity (Wildman–Crippen MR) is 142 cm³/mol. The Morgan fingerprint density at radius 3 is 2.16 bits per heavy atom. The van der Waals surface area contributed by atoms with Gasteiger partial charge in [0.15, 0.2) is 12.7 Å². The molecule has 0 saturated carbocycles. The summed E-state index contributed by atoms with van der Waals surface area (Å²) in [7, 11) is 3.29. The fraction of sp³-hybridized carbons (Fsp3) is 0.333. The molecule has 7 nitrogen and oxygen atoms in total. The lowest BCUT2D eigenvalue weighted by molar-refractivity contribution is -0.139. The van der Waals surface area contributed by atoms with Crippen molar-refractivity contribution in [1.29, 1.82) is 0 Å². The summed E-state index contributed by atoms with van der Waals surface area (Å²) in [6.07, 6.45) is 3.18. The molecule has 0 amide bonds. The third-order valence-electron chi connectivity index (χ3n) is 6.63. The Morgan fingerprint density at radius 2 is 1.59 bits per heavy atom. The maximum Gasteiger partial charge on any atom is 0.341 e. The van der Waals surface area contributed by atoms with Gasteiger partial charge in [0, 0.05) is 0 Å². The molecule has 0 saturated heterocycles. The quantitative estimate of drug-likeness (QED) is 0.261. The molecule has 1 unspecified atom stereocenters. The Hall–Kier alpha value is -4.00. The summed E-state index contributed by atoms with van der Waals surface area (Å²) in [5.41, 5.74) is 5.21. The number of aliphatic carboxylic acids is 1. The van der Waals surface area contributed by atoms with Crippen LogP contribution in [0, 0.1) is 5.92 Å². The van der Waals surface area contributed by atoms with Crippen molar-refractivity contribution in [3.63, 3.8) is 0 Å². The van der Waals surface area contributed by atoms with E-state index in [0.717, 1.165) is 59.6 Å². The molecule has 1 atom stereocenters. The van der Waals surface area contributed by atoms with Gasteiger partial charge in [-0.1, -0.05) is 41.6 Å². The molecule has 0 heterocycles. The van der Waals surface area contributed by atoms with E-state index in [1.165, 1.54) is 5.56 Å². The fourth-order valence-electron chi connectivity index (χ4n) is 4.77. The Morgan fingerprint density at radius 1 is 0.973 bits per heavy atom. The number of fused-ring (bicyclic) bond motifs is 1. The van der Waals surface area contributed by atoms with Gasteiger partial charge in [0.1, 0.15) is 17.2 Å². The second-order valence-electron chi connectivity index (χ2n) is 9.25. The van der Waals surface area contributed by atoms with Crippen molar-refractivity contribution in [2.75, 3.05) is 20.8 Å². The molecule has 1 aliphatic rings. The maximum atomic E-state index is 10.9. The zero-order valence-electron chi connectivity index (χ0n) is 21.5. The van der Waals surface area contributed by atoms with Crippen LogP contribution < -0.4 is 14.2 Å². The van der Waals surface area contributed by atoms with Crippen LogP contribution in [0.25, 0.3) is 0 Å². The minimum atomic E-state index is -0.972. The van der Waals surface area contributed by atoms with Crippen LogP contribution in [0.5, 0.6) is 17.2 Å². The number of carboxylic acids is 1. The van der Waals surface area contributed by atoms with Crippen molar-refractivity contribution in [1.82, 2.24) is 0 Å². The second-order valence-corrected chi connectivity index (χ2v) is 9.25. The summed E-state index contributed by atoms with van der Waals surface area (Å²) in [6.45, 7) is 1.67. The molecule has 0 aliphatic heterocycles. The molecule has 7 heteroatoms. The van der Waals surface area contributed by atoms with Crippen LogP contribution in [-0.2, 0) is 22.5 Å². The molecule has 0 spiro atoms. The third kappa shape index (κ3) is 6.82. The molecule has 37 heavy (non-hydrogen) atoms. The normalized spacial score (nSPS) is 15.1. The van der Waals surface area contributed by atoms with Crippen molar-refractivity contribution in [3.8, 4) is 17.2 Å². The Labute approximate surface area is 217 Å². The number of rotatable bonds is 11. The number of ether oxygens (including phenoxy) is 3. The highest BCUT2D eigenvalue weighted by Crippen LogP contribution is 2.34. The van der Waals surface area contributed by atoms with E-state index >= 15 is 0 Å². The van der Waals surface area contributed by atoms with Gasteiger partial charge in [-0.25, -0.2) is 4.79 Å². The van der Waals surface area contributed by atoms with Crippen LogP contribution in [0.4, 0.5) is 0 Å². The van der Waals surface area contributed by atoms with Gasteiger partial charge in [-0.3, -0.25) is 0 Å². The second kappa shape index (κ2) is 12.3. The van der Waals surface area contributed by atoms with E-state index in [1.807, 2.05) is 67.6 Å². The van der Waals surface area contributed by atoms with Gasteiger partial charge in [-0.2, -0.15) is 0 Å². The first kappa shape index (κ1) is 26.1. The number of hydrogen-bond donors (Lipinski definition) is 1. The first-order chi connectivity index (χ1) is 18.0. The summed E-state index contributed by atoms with van der Waals surface area (Å²) in [6, 6.07) is 21.5. The standard InChI is InChI=1S/C30H33NO6/c1-20(17-21-7-16-27-24(18-21)5-4-6-28(27)36-19-29(32)33)31-37-30(22-8-12-25(34-2)13-9-22)23-10-14-26(35-3)15-11-23/h4-6,8-15,21,30H,7,16-19H2,1-3H3,(H,32,33)/b31-20-. The number of carbonyl (C=O) groups is 1. The van der Waals surface area contributed by atoms with Gasteiger partial charge in [0.25, 0.3) is 0 Å². The van der Waals surface area contributed by atoms with E-state index < -0.39 is 5.97 Å². The van der Waals surface area contributed by atoms with Crippen LogP contribution in [0.3, 0.4) is 0 Å². The number of nitrogens with zero attached hydrogens (tertiary/aromatic N) is 1. The lowest BCUT2D eigenvalue weighted by Gasteiger charge is -2.26. The van der Waals surface area contributed by atoms with Crippen LogP contribution in [-0.4, -0.2) is 37.6 Å². The topological polar surface area (TPSA) is 86.6 Å². The fourth-order valence-corrected chi connectivity index (χ4v) is 4.77. The number of benzene rings is 3. The molecule has 0 aromatic heterocycles. The first-order valence-electron chi connectivity index (χ1n) is 12.4. The molecule has 3 aromatic carbocycles. The lowest BCUT2D eigenvalue weighted by Crippen LogP contribution is -2.19. The Kier molecular flexibility index (Phi) is 8.67. The van der Waals surface area contributed by atoms with Gasteiger partial charge in [-0.05, 0) is 91.1 Å². The molecule has 3 aromatic rings. The molecule has 194 valence electrons. The number of oxime groups is 1. The summed E-state index contributed by atoms with van der Waals surface area (Å²) in [5.74, 6) is 1.70. The largest absolute Gasteiger partial charge is 0.497 e. The highest BCUT2D eigenvalue weighted by molar-refractivity contribution is 5.81. The molecular formula is C30H33NO6. The monoisotopic (exact) mass is 503 g/mol. The molecule has 0 radical (unpaired) electrons. The number of hydrogen-bond acceptors (Lipinski definition) is 6. The zero-order chi connectivity index (χ0) is 26.2. The highest BCUT2D eigenvalue weighted by Gasteiger charge is 2.23. The number of carboxylic acid groups (broad SMARTS) is 1. The van der Waals surface area contributed by atoms with Crippen molar-refractivity contribution in [2.45, 2.75) is 38.7 Å². The van der Waals surface area contributed by atoms with Crippen LogP contribution >= 0.6 is 0 Å². The minimum absolute atomic E-state index is 0.327. The molecular weight excluding hydrogens is 470 g/mol. The lowest BCUT2D eigenvalue weighted by atomic mass is 9.81. The summed E-state index contributed by atoms with van der Waals surface area (Å²) in [4.78, 5) is 17.0. The molecule has 0 bridgehead atoms. The SMILES string of the molecule is COc1ccc(C(O/N=C(/C)CC2CCc3c(cccc3OCC(=O)O)C2)c2ccc(OC)cc2)cc1. The van der Waals surface area contributed by atoms with E-state index in [4.69, 9.17) is 24.2 Å². The Balaban J connectivity index is 1.45. The van der Waals surface area contributed by atoms with Gasteiger partial charge in [-0.15, -0.1) is 0 Å². The zero-order valence-corrected chi connectivity index (χ0v) is 21.5. The molecule has 1 N–H and O–H groups in total. The van der Waals surface area contributed by atoms with Crippen molar-refractivity contribution in [3.05, 3.63) is 89.0 Å². The van der Waals surface area contributed by atoms with Gasteiger partial charge in [0.05, 0.1) is 19.9 Å². The molecule has 0 fully saturated rings. The number of methoxy groups -OCH3 is 2. The Bertz CT molecular complexity index is 1170. The average molecular weight is 504 g/mol. The van der Waals surface area contributed by atoms with Crippen LogP contribution in [0.1, 0.15) is 48.1 Å². The van der Waals surface area contributed by atoms with Crippen molar-refractivity contribution in [2.24, 2.45) is 11.1 Å². The van der Waals surface area contributed by atoms with E-state index in [1.54, 1.807) is 14.2 Å². The van der Waals surface area contributed by atoms with Crippen LogP contribution in [0.15, 0.2) is 71.9 Å². The molecule has 1 aliphatic carbocycles. The highest BCUT2D eigenvalue weighted by atomic mass is 16.6. The van der Waals surface area contributed by atoms with E-state index in [2.05, 4.69) is 11.2 Å². The van der Waals surface area contributed by atoms with E-state index in [0.29, 0.717) is 11.7 Å². The molecule has 4 rings (SSSR count). The van der Waals surface area contributed by atoms with Gasteiger partial charge >= 0.3 is 5.97 Å². The van der Waals surface area contributed by atoms with Gasteiger partial charge < -0.3 is 24.2 Å².